The lowest BCUT2D eigenvalue weighted by molar-refractivity contribution is 0.895. The molecule has 7 heteroatoms. The van der Waals surface area contributed by atoms with Gasteiger partial charge in [0.1, 0.15) is 0 Å². The molecule has 3 N–H and O–H groups in total. The summed E-state index contributed by atoms with van der Waals surface area (Å²) in [6, 6.07) is 2.11. The maximum atomic E-state index is 5.45. The summed E-state index contributed by atoms with van der Waals surface area (Å²) in [6.07, 6.45) is 5.43. The van der Waals surface area contributed by atoms with Gasteiger partial charge in [0.05, 0.1) is 6.20 Å². The molecule has 3 aromatic heterocycles. The van der Waals surface area contributed by atoms with Crippen LogP contribution in [-0.2, 0) is 6.54 Å². The summed E-state index contributed by atoms with van der Waals surface area (Å²) in [5.74, 6) is 6.86. The molecule has 0 spiro atoms. The number of hydrogen-bond donors (Lipinski definition) is 2. The lowest BCUT2D eigenvalue weighted by Crippen LogP contribution is -2.20. The van der Waals surface area contributed by atoms with Crippen molar-refractivity contribution < 1.29 is 0 Å². The molecule has 3 heterocycles. The van der Waals surface area contributed by atoms with Crippen LogP contribution in [0.5, 0.6) is 0 Å². The fourth-order valence-electron chi connectivity index (χ4n) is 1.97. The smallest absolute Gasteiger partial charge is 0.180 e. The van der Waals surface area contributed by atoms with Crippen molar-refractivity contribution in [2.24, 2.45) is 5.84 Å². The Balaban J connectivity index is 2.00. The van der Waals surface area contributed by atoms with Gasteiger partial charge < -0.3 is 14.7 Å². The molecule has 0 bridgehead atoms. The highest BCUT2D eigenvalue weighted by molar-refractivity contribution is 7.07. The highest BCUT2D eigenvalue weighted by atomic mass is 32.1. The molecule has 0 aromatic carbocycles. The number of nitrogens with zero attached hydrogens (tertiary/aromatic N) is 4. The van der Waals surface area contributed by atoms with Gasteiger partial charge in [-0.05, 0) is 22.4 Å². The minimum atomic E-state index is 0.609. The van der Waals surface area contributed by atoms with E-state index in [2.05, 4.69) is 37.1 Å². The third-order valence-corrected chi connectivity index (χ3v) is 3.60. The van der Waals surface area contributed by atoms with Crippen LogP contribution >= 0.6 is 11.3 Å². The van der Waals surface area contributed by atoms with Gasteiger partial charge in [-0.2, -0.15) is 11.3 Å². The Morgan fingerprint density at radius 1 is 1.53 bits per heavy atom. The average molecular weight is 274 g/mol. The summed E-state index contributed by atoms with van der Waals surface area (Å²) < 4.78 is 1.90. The SMILES string of the molecule is CN(Cc1ccsc1)c1nc(NN)cn2ccnc12. The number of thiophene rings is 1. The summed E-state index contributed by atoms with van der Waals surface area (Å²) in [5.41, 5.74) is 4.65. The van der Waals surface area contributed by atoms with Crippen molar-refractivity contribution in [1.82, 2.24) is 14.4 Å². The zero-order valence-corrected chi connectivity index (χ0v) is 11.3. The molecule has 0 saturated carbocycles. The minimum Gasteiger partial charge on any atom is -0.352 e. The van der Waals surface area contributed by atoms with E-state index in [1.165, 1.54) is 5.56 Å². The maximum Gasteiger partial charge on any atom is 0.180 e. The Labute approximate surface area is 114 Å². The van der Waals surface area contributed by atoms with Crippen LogP contribution in [0.4, 0.5) is 11.6 Å². The number of rotatable bonds is 4. The van der Waals surface area contributed by atoms with E-state index in [0.717, 1.165) is 18.0 Å². The van der Waals surface area contributed by atoms with Gasteiger partial charge in [0, 0.05) is 26.0 Å². The van der Waals surface area contributed by atoms with E-state index in [1.54, 1.807) is 17.5 Å². The van der Waals surface area contributed by atoms with Gasteiger partial charge in [0.2, 0.25) is 0 Å². The number of imidazole rings is 1. The fraction of sp³-hybridized carbons (Fsp3) is 0.167. The van der Waals surface area contributed by atoms with Gasteiger partial charge in [-0.25, -0.2) is 15.8 Å². The molecule has 0 atom stereocenters. The minimum absolute atomic E-state index is 0.609. The molecule has 3 rings (SSSR count). The number of hydrogen-bond acceptors (Lipinski definition) is 6. The lowest BCUT2D eigenvalue weighted by atomic mass is 10.3. The van der Waals surface area contributed by atoms with Crippen LogP contribution in [0.15, 0.2) is 35.4 Å². The van der Waals surface area contributed by atoms with Crippen LogP contribution in [0.2, 0.25) is 0 Å². The molecule has 0 fully saturated rings. The summed E-state index contributed by atoms with van der Waals surface area (Å²) in [5, 5.41) is 4.20. The summed E-state index contributed by atoms with van der Waals surface area (Å²) in [4.78, 5) is 10.9. The molecule has 0 aliphatic heterocycles. The molecular weight excluding hydrogens is 260 g/mol. The molecule has 6 nitrogen and oxygen atoms in total. The highest BCUT2D eigenvalue weighted by Gasteiger charge is 2.12. The quantitative estimate of drug-likeness (QED) is 0.560. The van der Waals surface area contributed by atoms with Crippen LogP contribution in [0, 0.1) is 0 Å². The zero-order valence-electron chi connectivity index (χ0n) is 10.4. The molecule has 98 valence electrons. The normalized spacial score (nSPS) is 10.8. The van der Waals surface area contributed by atoms with Crippen LogP contribution in [-0.4, -0.2) is 21.4 Å². The topological polar surface area (TPSA) is 71.5 Å². The predicted molar refractivity (Wildman–Crippen MR) is 77.2 cm³/mol. The average Bonchev–Trinajstić information content (AvgIpc) is 3.07. The predicted octanol–water partition coefficient (Wildman–Crippen LogP) is 1.71. The first kappa shape index (κ1) is 11.9. The van der Waals surface area contributed by atoms with Gasteiger partial charge in [-0.1, -0.05) is 0 Å². The van der Waals surface area contributed by atoms with E-state index in [9.17, 15) is 0 Å². The number of nitrogens with one attached hydrogen (secondary N) is 1. The van der Waals surface area contributed by atoms with Crippen molar-refractivity contribution in [3.63, 3.8) is 0 Å². The van der Waals surface area contributed by atoms with E-state index < -0.39 is 0 Å². The van der Waals surface area contributed by atoms with Crippen LogP contribution < -0.4 is 16.2 Å². The second-order valence-corrected chi connectivity index (χ2v) is 5.02. The summed E-state index contributed by atoms with van der Waals surface area (Å²) >= 11 is 1.69. The molecule has 0 aliphatic carbocycles. The first-order chi connectivity index (χ1) is 9.28. The molecule has 0 saturated heterocycles. The Hall–Kier alpha value is -2.12. The van der Waals surface area contributed by atoms with Crippen molar-refractivity contribution in [2.75, 3.05) is 17.4 Å². The van der Waals surface area contributed by atoms with Crippen LogP contribution in [0.1, 0.15) is 5.56 Å². The molecule has 0 unspecified atom stereocenters. The van der Waals surface area contributed by atoms with E-state index >= 15 is 0 Å². The molecule has 3 aromatic rings. The van der Waals surface area contributed by atoms with E-state index in [4.69, 9.17) is 5.84 Å². The van der Waals surface area contributed by atoms with Gasteiger partial charge in [0.15, 0.2) is 17.3 Å². The largest absolute Gasteiger partial charge is 0.352 e. The van der Waals surface area contributed by atoms with Gasteiger partial charge in [-0.15, -0.1) is 0 Å². The first-order valence-electron chi connectivity index (χ1n) is 5.80. The van der Waals surface area contributed by atoms with E-state index in [1.807, 2.05) is 23.8 Å². The van der Waals surface area contributed by atoms with Gasteiger partial charge in [-0.3, -0.25) is 0 Å². The van der Waals surface area contributed by atoms with Crippen molar-refractivity contribution in [1.29, 1.82) is 0 Å². The maximum absolute atomic E-state index is 5.45. The van der Waals surface area contributed by atoms with Crippen molar-refractivity contribution in [2.45, 2.75) is 6.54 Å². The van der Waals surface area contributed by atoms with Gasteiger partial charge in [0.25, 0.3) is 0 Å². The van der Waals surface area contributed by atoms with E-state index in [-0.39, 0.29) is 0 Å². The molecule has 19 heavy (non-hydrogen) atoms. The van der Waals surface area contributed by atoms with Crippen LogP contribution in [0.3, 0.4) is 0 Å². The van der Waals surface area contributed by atoms with E-state index in [0.29, 0.717) is 5.82 Å². The standard InChI is InChI=1S/C12H14N6S/c1-17(6-9-2-5-19-8-9)12-11-14-3-4-18(11)7-10(15-12)16-13/h2-5,7-8,16H,6,13H2,1H3. The van der Waals surface area contributed by atoms with Crippen molar-refractivity contribution in [3.05, 3.63) is 41.0 Å². The Kier molecular flexibility index (Phi) is 3.06. The Morgan fingerprint density at radius 3 is 3.16 bits per heavy atom. The number of nitrogen functional groups attached to an aromatic ring is 1. The Bertz CT molecular complexity index is 675. The van der Waals surface area contributed by atoms with Crippen LogP contribution in [0.25, 0.3) is 5.65 Å². The summed E-state index contributed by atoms with van der Waals surface area (Å²) in [6.45, 7) is 0.785. The monoisotopic (exact) mass is 274 g/mol. The first-order valence-corrected chi connectivity index (χ1v) is 6.75. The van der Waals surface area contributed by atoms with Crippen molar-refractivity contribution in [3.8, 4) is 0 Å². The number of anilines is 2. The number of hydrazine groups is 1. The van der Waals surface area contributed by atoms with Gasteiger partial charge >= 0.3 is 0 Å². The molecule has 0 amide bonds. The summed E-state index contributed by atoms with van der Waals surface area (Å²) in [7, 11) is 2.00. The zero-order chi connectivity index (χ0) is 13.2. The highest BCUT2D eigenvalue weighted by Crippen LogP contribution is 2.21. The third-order valence-electron chi connectivity index (χ3n) is 2.87. The molecule has 0 aliphatic rings. The fourth-order valence-corrected chi connectivity index (χ4v) is 2.63. The third kappa shape index (κ3) is 2.25. The Morgan fingerprint density at radius 2 is 2.42 bits per heavy atom. The number of aromatic nitrogens is 3. The lowest BCUT2D eigenvalue weighted by Gasteiger charge is -2.18. The number of fused-ring (bicyclic) bond motifs is 1. The van der Waals surface area contributed by atoms with Crippen molar-refractivity contribution >= 4 is 28.6 Å². The molecular formula is C12H14N6S. The number of nitrogens with two attached hydrogens (primary N) is 1. The second-order valence-electron chi connectivity index (χ2n) is 4.24. The second kappa shape index (κ2) is 4.87. The molecule has 0 radical (unpaired) electrons.